The van der Waals surface area contributed by atoms with Gasteiger partial charge in [-0.2, -0.15) is 0 Å². The van der Waals surface area contributed by atoms with Crippen molar-refractivity contribution in [3.8, 4) is 0 Å². The molecule has 0 spiro atoms. The molecule has 0 saturated heterocycles. The number of thioether (sulfide) groups is 1. The van der Waals surface area contributed by atoms with Crippen LogP contribution in [-0.2, 0) is 11.3 Å². The van der Waals surface area contributed by atoms with Gasteiger partial charge < -0.3 is 10.1 Å². The van der Waals surface area contributed by atoms with Gasteiger partial charge in [0, 0.05) is 10.9 Å². The third-order valence-corrected chi connectivity index (χ3v) is 4.16. The van der Waals surface area contributed by atoms with Gasteiger partial charge >= 0.3 is 0 Å². The average Bonchev–Trinajstić information content (AvgIpc) is 2.53. The first kappa shape index (κ1) is 16.1. The zero-order valence-corrected chi connectivity index (χ0v) is 13.5. The van der Waals surface area contributed by atoms with E-state index in [1.807, 2.05) is 18.2 Å². The molecule has 112 valence electrons. The van der Waals surface area contributed by atoms with Gasteiger partial charge in [-0.05, 0) is 36.7 Å². The van der Waals surface area contributed by atoms with Crippen LogP contribution in [0.15, 0.2) is 59.5 Å². The van der Waals surface area contributed by atoms with Crippen molar-refractivity contribution in [2.75, 3.05) is 12.5 Å². The van der Waals surface area contributed by atoms with E-state index in [4.69, 9.17) is 4.74 Å². The van der Waals surface area contributed by atoms with Gasteiger partial charge in [-0.1, -0.05) is 61.2 Å². The van der Waals surface area contributed by atoms with Gasteiger partial charge in [0.1, 0.15) is 0 Å². The molecule has 0 aliphatic rings. The summed E-state index contributed by atoms with van der Waals surface area (Å²) < 4.78 is 5.72. The van der Waals surface area contributed by atoms with E-state index in [0.29, 0.717) is 18.6 Å². The maximum Gasteiger partial charge on any atom is 0.0971 e. The number of nitrogens with one attached hydrogen (secondary N) is 1. The minimum absolute atomic E-state index is 0.390. The highest BCUT2D eigenvalue weighted by molar-refractivity contribution is 7.99. The van der Waals surface area contributed by atoms with Crippen LogP contribution in [-0.4, -0.2) is 12.5 Å². The monoisotopic (exact) mass is 301 g/mol. The summed E-state index contributed by atoms with van der Waals surface area (Å²) in [6, 6.07) is 19.3. The molecule has 0 bridgehead atoms. The Kier molecular flexibility index (Phi) is 6.80. The van der Waals surface area contributed by atoms with Crippen molar-refractivity contribution < 1.29 is 4.74 Å². The molecule has 1 unspecified atom stereocenters. The standard InChI is InChI=1S/C18H23NOS/c1-3-19-15(2)17-10-7-11-18(12-17)21-14-20-13-16-8-5-4-6-9-16/h4-12,15,19H,3,13-14H2,1-2H3. The van der Waals surface area contributed by atoms with Crippen LogP contribution in [0.4, 0.5) is 0 Å². The lowest BCUT2D eigenvalue weighted by atomic mass is 10.1. The largest absolute Gasteiger partial charge is 0.366 e. The molecule has 0 radical (unpaired) electrons. The Bertz CT molecular complexity index is 530. The van der Waals surface area contributed by atoms with E-state index in [0.717, 1.165) is 6.54 Å². The molecule has 0 aromatic heterocycles. The van der Waals surface area contributed by atoms with Gasteiger partial charge in [0.15, 0.2) is 0 Å². The summed E-state index contributed by atoms with van der Waals surface area (Å²) in [5.74, 6) is 0.675. The maximum absolute atomic E-state index is 5.72. The van der Waals surface area contributed by atoms with Crippen molar-refractivity contribution in [3.63, 3.8) is 0 Å². The molecule has 3 heteroatoms. The number of ether oxygens (including phenoxy) is 1. The summed E-state index contributed by atoms with van der Waals surface area (Å²) in [7, 11) is 0. The van der Waals surface area contributed by atoms with E-state index in [2.05, 4.69) is 55.6 Å². The lowest BCUT2D eigenvalue weighted by Crippen LogP contribution is -2.17. The number of hydrogen-bond donors (Lipinski definition) is 1. The maximum atomic E-state index is 5.72. The fraction of sp³-hybridized carbons (Fsp3) is 0.333. The van der Waals surface area contributed by atoms with Gasteiger partial charge in [0.05, 0.1) is 12.5 Å². The van der Waals surface area contributed by atoms with Gasteiger partial charge in [0.25, 0.3) is 0 Å². The van der Waals surface area contributed by atoms with Crippen molar-refractivity contribution in [3.05, 3.63) is 65.7 Å². The van der Waals surface area contributed by atoms with Gasteiger partial charge in [-0.15, -0.1) is 0 Å². The average molecular weight is 301 g/mol. The van der Waals surface area contributed by atoms with Crippen molar-refractivity contribution in [2.45, 2.75) is 31.4 Å². The highest BCUT2D eigenvalue weighted by Crippen LogP contribution is 2.22. The van der Waals surface area contributed by atoms with E-state index >= 15 is 0 Å². The minimum Gasteiger partial charge on any atom is -0.366 e. The van der Waals surface area contributed by atoms with E-state index < -0.39 is 0 Å². The fourth-order valence-electron chi connectivity index (χ4n) is 2.14. The van der Waals surface area contributed by atoms with Crippen LogP contribution < -0.4 is 5.32 Å². The molecule has 0 aliphatic carbocycles. The molecule has 0 aliphatic heterocycles. The van der Waals surface area contributed by atoms with Crippen molar-refractivity contribution >= 4 is 11.8 Å². The third kappa shape index (κ3) is 5.54. The Morgan fingerprint density at radius 3 is 2.67 bits per heavy atom. The first-order valence-corrected chi connectivity index (χ1v) is 8.36. The third-order valence-electron chi connectivity index (χ3n) is 3.29. The van der Waals surface area contributed by atoms with Crippen LogP contribution >= 0.6 is 11.8 Å². The summed E-state index contributed by atoms with van der Waals surface area (Å²) in [6.07, 6.45) is 0. The molecule has 21 heavy (non-hydrogen) atoms. The zero-order chi connectivity index (χ0) is 14.9. The van der Waals surface area contributed by atoms with Gasteiger partial charge in [0.2, 0.25) is 0 Å². The quantitative estimate of drug-likeness (QED) is 0.436. The SMILES string of the molecule is CCNC(C)c1cccc(SCOCc2ccccc2)c1. The Morgan fingerprint density at radius 1 is 1.10 bits per heavy atom. The molecule has 1 atom stereocenters. The van der Waals surface area contributed by atoms with Crippen LogP contribution in [0.5, 0.6) is 0 Å². The van der Waals surface area contributed by atoms with Crippen LogP contribution in [0.25, 0.3) is 0 Å². The van der Waals surface area contributed by atoms with E-state index in [9.17, 15) is 0 Å². The second-order valence-electron chi connectivity index (χ2n) is 4.95. The fourth-order valence-corrected chi connectivity index (χ4v) is 2.84. The first-order valence-electron chi connectivity index (χ1n) is 7.37. The molecular formula is C18H23NOS. The molecule has 2 nitrogen and oxygen atoms in total. The van der Waals surface area contributed by atoms with Crippen molar-refractivity contribution in [1.29, 1.82) is 0 Å². The second kappa shape index (κ2) is 8.88. The highest BCUT2D eigenvalue weighted by Gasteiger charge is 2.04. The molecule has 0 amide bonds. The molecule has 0 heterocycles. The molecule has 1 N–H and O–H groups in total. The van der Waals surface area contributed by atoms with Crippen LogP contribution in [0.1, 0.15) is 31.0 Å². The number of benzene rings is 2. The van der Waals surface area contributed by atoms with E-state index in [1.165, 1.54) is 16.0 Å². The Labute approximate surface area is 131 Å². The number of hydrogen-bond acceptors (Lipinski definition) is 3. The van der Waals surface area contributed by atoms with Crippen LogP contribution in [0.3, 0.4) is 0 Å². The molecule has 2 rings (SSSR count). The minimum atomic E-state index is 0.390. The zero-order valence-electron chi connectivity index (χ0n) is 12.7. The van der Waals surface area contributed by atoms with Crippen LogP contribution in [0.2, 0.25) is 0 Å². The molecule has 2 aromatic carbocycles. The van der Waals surface area contributed by atoms with E-state index in [-0.39, 0.29) is 0 Å². The van der Waals surface area contributed by atoms with E-state index in [1.54, 1.807) is 11.8 Å². The molecule has 0 saturated carbocycles. The molecule has 2 aromatic rings. The Hall–Kier alpha value is -1.29. The van der Waals surface area contributed by atoms with Crippen LogP contribution in [0, 0.1) is 0 Å². The Balaban J connectivity index is 1.79. The first-order chi connectivity index (χ1) is 10.3. The summed E-state index contributed by atoms with van der Waals surface area (Å²) in [5.41, 5.74) is 2.54. The lowest BCUT2D eigenvalue weighted by Gasteiger charge is -2.13. The van der Waals surface area contributed by atoms with Gasteiger partial charge in [-0.3, -0.25) is 0 Å². The molecule has 0 fully saturated rings. The predicted molar refractivity (Wildman–Crippen MR) is 90.5 cm³/mol. The van der Waals surface area contributed by atoms with Crippen molar-refractivity contribution in [1.82, 2.24) is 5.32 Å². The summed E-state index contributed by atoms with van der Waals surface area (Å²) in [6.45, 7) is 5.98. The topological polar surface area (TPSA) is 21.3 Å². The summed E-state index contributed by atoms with van der Waals surface area (Å²) >= 11 is 1.74. The number of rotatable bonds is 8. The smallest absolute Gasteiger partial charge is 0.0971 e. The summed E-state index contributed by atoms with van der Waals surface area (Å²) in [4.78, 5) is 1.25. The van der Waals surface area contributed by atoms with Crippen molar-refractivity contribution in [2.24, 2.45) is 0 Å². The molecular weight excluding hydrogens is 278 g/mol. The van der Waals surface area contributed by atoms with Gasteiger partial charge in [-0.25, -0.2) is 0 Å². The lowest BCUT2D eigenvalue weighted by molar-refractivity contribution is 0.169. The second-order valence-corrected chi connectivity index (χ2v) is 5.94. The highest BCUT2D eigenvalue weighted by atomic mass is 32.2. The normalized spacial score (nSPS) is 12.3. The predicted octanol–water partition coefficient (Wildman–Crippen LogP) is 4.62. The Morgan fingerprint density at radius 2 is 1.90 bits per heavy atom. The summed E-state index contributed by atoms with van der Waals surface area (Å²) in [5, 5.41) is 3.44.